The van der Waals surface area contributed by atoms with Gasteiger partial charge < -0.3 is 4.90 Å². The standard InChI is InChI=1S/C13H16N2OS2/c1-13(2)9-15(6-8-18(13)16)11-3-5-14-10-4-7-17-12(10)11/h3-5,7H,6,8-9H2,1-2H3. The number of pyridine rings is 1. The average Bonchev–Trinajstić information content (AvgIpc) is 2.80. The van der Waals surface area contributed by atoms with Crippen LogP contribution in [-0.2, 0) is 10.8 Å². The lowest BCUT2D eigenvalue weighted by Gasteiger charge is -2.38. The summed E-state index contributed by atoms with van der Waals surface area (Å²) in [5.41, 5.74) is 2.29. The van der Waals surface area contributed by atoms with Crippen LogP contribution in [-0.4, -0.2) is 32.8 Å². The van der Waals surface area contributed by atoms with Crippen LogP contribution >= 0.6 is 11.3 Å². The Labute approximate surface area is 113 Å². The highest BCUT2D eigenvalue weighted by atomic mass is 32.2. The zero-order valence-electron chi connectivity index (χ0n) is 10.5. The van der Waals surface area contributed by atoms with Gasteiger partial charge in [0.15, 0.2) is 0 Å². The number of nitrogens with zero attached hydrogens (tertiary/aromatic N) is 2. The Hall–Kier alpha value is -0.940. The van der Waals surface area contributed by atoms with Crippen LogP contribution in [0.25, 0.3) is 10.2 Å². The zero-order chi connectivity index (χ0) is 12.8. The van der Waals surface area contributed by atoms with Gasteiger partial charge >= 0.3 is 0 Å². The first-order valence-corrected chi connectivity index (χ1v) is 8.23. The molecule has 0 radical (unpaired) electrons. The number of aromatic nitrogens is 1. The summed E-state index contributed by atoms with van der Waals surface area (Å²) in [7, 11) is -0.723. The van der Waals surface area contributed by atoms with Crippen LogP contribution < -0.4 is 4.90 Å². The molecule has 0 N–H and O–H groups in total. The first-order valence-electron chi connectivity index (χ1n) is 6.03. The monoisotopic (exact) mass is 280 g/mol. The van der Waals surface area contributed by atoms with Gasteiger partial charge in [-0.2, -0.15) is 0 Å². The third-order valence-corrected chi connectivity index (χ3v) is 6.24. The van der Waals surface area contributed by atoms with Crippen molar-refractivity contribution >= 4 is 38.0 Å². The summed E-state index contributed by atoms with van der Waals surface area (Å²) in [4.78, 5) is 6.72. The second-order valence-corrected chi connectivity index (χ2v) is 8.32. The molecule has 0 amide bonds. The first-order chi connectivity index (χ1) is 8.58. The van der Waals surface area contributed by atoms with E-state index in [1.807, 2.05) is 6.20 Å². The summed E-state index contributed by atoms with van der Waals surface area (Å²) >= 11 is 1.73. The van der Waals surface area contributed by atoms with E-state index in [0.717, 1.165) is 24.4 Å². The minimum Gasteiger partial charge on any atom is -0.368 e. The molecule has 0 aliphatic carbocycles. The highest BCUT2D eigenvalue weighted by molar-refractivity contribution is 7.86. The van der Waals surface area contributed by atoms with Gasteiger partial charge in [-0.25, -0.2) is 0 Å². The highest BCUT2D eigenvalue weighted by Crippen LogP contribution is 2.33. The van der Waals surface area contributed by atoms with Crippen LogP contribution in [0.2, 0.25) is 0 Å². The van der Waals surface area contributed by atoms with Crippen molar-refractivity contribution in [2.24, 2.45) is 0 Å². The van der Waals surface area contributed by atoms with Gasteiger partial charge in [-0.1, -0.05) is 0 Å². The number of anilines is 1. The van der Waals surface area contributed by atoms with Crippen molar-refractivity contribution in [2.45, 2.75) is 18.6 Å². The van der Waals surface area contributed by atoms with E-state index in [1.54, 1.807) is 11.3 Å². The van der Waals surface area contributed by atoms with E-state index in [2.05, 4.69) is 41.2 Å². The topological polar surface area (TPSA) is 33.2 Å². The van der Waals surface area contributed by atoms with Crippen LogP contribution in [0.15, 0.2) is 23.7 Å². The van der Waals surface area contributed by atoms with Crippen LogP contribution in [0.3, 0.4) is 0 Å². The SMILES string of the molecule is CC1(C)CN(c2ccnc3ccsc23)CCS1=O. The summed E-state index contributed by atoms with van der Waals surface area (Å²) in [6, 6.07) is 4.12. The molecule has 1 aliphatic rings. The normalized spacial score (nSPS) is 23.4. The molecule has 2 aromatic heterocycles. The fourth-order valence-electron chi connectivity index (χ4n) is 2.39. The molecule has 2 aromatic rings. The molecule has 96 valence electrons. The maximum absolute atomic E-state index is 12.0. The van der Waals surface area contributed by atoms with Crippen LogP contribution in [0, 0.1) is 0 Å². The van der Waals surface area contributed by atoms with Crippen molar-refractivity contribution < 1.29 is 4.21 Å². The lowest BCUT2D eigenvalue weighted by atomic mass is 10.1. The van der Waals surface area contributed by atoms with Gasteiger partial charge in [-0.05, 0) is 31.4 Å². The fraction of sp³-hybridized carbons (Fsp3) is 0.462. The van der Waals surface area contributed by atoms with Gasteiger partial charge in [0.05, 0.1) is 20.7 Å². The number of fused-ring (bicyclic) bond motifs is 1. The predicted molar refractivity (Wildman–Crippen MR) is 78.9 cm³/mol. The fourth-order valence-corrected chi connectivity index (χ4v) is 4.53. The average molecular weight is 280 g/mol. The Balaban J connectivity index is 2.00. The smallest absolute Gasteiger partial charge is 0.0830 e. The molecule has 1 unspecified atom stereocenters. The highest BCUT2D eigenvalue weighted by Gasteiger charge is 2.33. The molecular weight excluding hydrogens is 264 g/mol. The zero-order valence-corrected chi connectivity index (χ0v) is 12.2. The van der Waals surface area contributed by atoms with Crippen LogP contribution in [0.1, 0.15) is 13.8 Å². The molecule has 5 heteroatoms. The summed E-state index contributed by atoms with van der Waals surface area (Å²) in [5, 5.41) is 2.08. The minimum atomic E-state index is -0.723. The van der Waals surface area contributed by atoms with Gasteiger partial charge in [0.1, 0.15) is 0 Å². The Morgan fingerprint density at radius 3 is 3.06 bits per heavy atom. The van der Waals surface area contributed by atoms with Gasteiger partial charge in [0.25, 0.3) is 0 Å². The third-order valence-electron chi connectivity index (χ3n) is 3.40. The maximum Gasteiger partial charge on any atom is 0.0830 e. The van der Waals surface area contributed by atoms with Crippen LogP contribution in [0.4, 0.5) is 5.69 Å². The lowest BCUT2D eigenvalue weighted by molar-refractivity contribution is 0.590. The molecule has 1 fully saturated rings. The predicted octanol–water partition coefficient (Wildman–Crippen LogP) is 2.64. The molecule has 1 atom stereocenters. The quantitative estimate of drug-likeness (QED) is 0.805. The summed E-state index contributed by atoms with van der Waals surface area (Å²) in [5.74, 6) is 0.752. The van der Waals surface area contributed by atoms with E-state index >= 15 is 0 Å². The Bertz CT molecular complexity index is 606. The van der Waals surface area contributed by atoms with Crippen molar-refractivity contribution in [1.29, 1.82) is 0 Å². The first kappa shape index (κ1) is 12.1. The third kappa shape index (κ3) is 1.95. The molecular formula is C13H16N2OS2. The van der Waals surface area contributed by atoms with E-state index in [1.165, 1.54) is 10.4 Å². The number of thiophene rings is 1. The summed E-state index contributed by atoms with van der Waals surface area (Å²) in [6.45, 7) is 5.88. The molecule has 0 saturated carbocycles. The molecule has 0 aromatic carbocycles. The second kappa shape index (κ2) is 4.31. The molecule has 3 heterocycles. The molecule has 1 saturated heterocycles. The lowest BCUT2D eigenvalue weighted by Crippen LogP contribution is -2.50. The molecule has 18 heavy (non-hydrogen) atoms. The van der Waals surface area contributed by atoms with E-state index in [9.17, 15) is 4.21 Å². The van der Waals surface area contributed by atoms with Gasteiger partial charge in [0.2, 0.25) is 0 Å². The van der Waals surface area contributed by atoms with Crippen molar-refractivity contribution in [2.75, 3.05) is 23.7 Å². The van der Waals surface area contributed by atoms with Crippen molar-refractivity contribution in [3.63, 3.8) is 0 Å². The molecule has 0 bridgehead atoms. The number of hydrogen-bond acceptors (Lipinski definition) is 4. The maximum atomic E-state index is 12.0. The van der Waals surface area contributed by atoms with Gasteiger partial charge in [0, 0.05) is 35.8 Å². The van der Waals surface area contributed by atoms with E-state index in [-0.39, 0.29) is 4.75 Å². The molecule has 1 aliphatic heterocycles. The van der Waals surface area contributed by atoms with Gasteiger partial charge in [-0.15, -0.1) is 11.3 Å². The minimum absolute atomic E-state index is 0.134. The van der Waals surface area contributed by atoms with Gasteiger partial charge in [-0.3, -0.25) is 9.19 Å². The van der Waals surface area contributed by atoms with E-state index in [0.29, 0.717) is 0 Å². The van der Waals surface area contributed by atoms with Crippen molar-refractivity contribution in [3.8, 4) is 0 Å². The molecule has 3 rings (SSSR count). The van der Waals surface area contributed by atoms with Crippen molar-refractivity contribution in [3.05, 3.63) is 23.7 Å². The Morgan fingerprint density at radius 2 is 2.28 bits per heavy atom. The summed E-state index contributed by atoms with van der Waals surface area (Å²) < 4.78 is 13.1. The van der Waals surface area contributed by atoms with E-state index < -0.39 is 10.8 Å². The number of rotatable bonds is 1. The van der Waals surface area contributed by atoms with Crippen LogP contribution in [0.5, 0.6) is 0 Å². The molecule has 3 nitrogen and oxygen atoms in total. The summed E-state index contributed by atoms with van der Waals surface area (Å²) in [6.07, 6.45) is 1.86. The Kier molecular flexibility index (Phi) is 2.90. The Morgan fingerprint density at radius 1 is 1.44 bits per heavy atom. The van der Waals surface area contributed by atoms with E-state index in [4.69, 9.17) is 0 Å². The molecule has 0 spiro atoms. The largest absolute Gasteiger partial charge is 0.368 e. The van der Waals surface area contributed by atoms with Crippen molar-refractivity contribution in [1.82, 2.24) is 4.98 Å². The second-order valence-electron chi connectivity index (χ2n) is 5.20. The number of hydrogen-bond donors (Lipinski definition) is 0.